The molecular formula is C13H15NO3. The number of hydrogen-bond acceptors (Lipinski definition) is 3. The van der Waals surface area contributed by atoms with Crippen molar-refractivity contribution in [3.63, 3.8) is 0 Å². The van der Waals surface area contributed by atoms with E-state index in [4.69, 9.17) is 8.85 Å². The molecule has 0 saturated carbocycles. The molecule has 1 fully saturated rings. The highest BCUT2D eigenvalue weighted by atomic mass is 16.6. The van der Waals surface area contributed by atoms with E-state index in [1.165, 1.54) is 0 Å². The van der Waals surface area contributed by atoms with Crippen LogP contribution in [0.5, 0.6) is 0 Å². The molecule has 90 valence electrons. The number of amides is 2. The maximum atomic E-state index is 11.9. The lowest BCUT2D eigenvalue weighted by Gasteiger charge is -2.18. The Morgan fingerprint density at radius 2 is 2.29 bits per heavy atom. The fraction of sp³-hybridized carbons (Fsp3) is 0.385. The number of carbonyl (C=O) groups excluding carboxylic acids is 2. The maximum Gasteiger partial charge on any atom is 0.416 e. The van der Waals surface area contributed by atoms with Gasteiger partial charge in [0.15, 0.2) is 0 Å². The summed E-state index contributed by atoms with van der Waals surface area (Å²) in [7, 11) is 0. The first-order valence-corrected chi connectivity index (χ1v) is 5.39. The molecule has 2 rings (SSSR count). The van der Waals surface area contributed by atoms with Gasteiger partial charge in [-0.05, 0) is 12.0 Å². The standard InChI is InChI=1S/C13H15NO3/c1-2-12(15)14-11(9-17-13(14)16)8-10-6-4-3-5-7-10/h3-7,11H,2,8-9H2,1H3/t11-/m0/s1/i1D3. The van der Waals surface area contributed by atoms with Crippen LogP contribution in [0.1, 0.15) is 22.9 Å². The van der Waals surface area contributed by atoms with Gasteiger partial charge in [-0.3, -0.25) is 4.79 Å². The SMILES string of the molecule is [2H]C([2H])([2H])CC(=O)N1C(=O)OC[C@@H]1Cc1ccccc1. The predicted molar refractivity (Wildman–Crippen MR) is 62.4 cm³/mol. The number of hydrogen-bond donors (Lipinski definition) is 0. The number of nitrogens with zero attached hydrogens (tertiary/aromatic N) is 1. The molecule has 0 unspecified atom stereocenters. The van der Waals surface area contributed by atoms with Crippen molar-refractivity contribution >= 4 is 12.0 Å². The molecule has 0 radical (unpaired) electrons. The molecule has 1 aliphatic rings. The van der Waals surface area contributed by atoms with E-state index in [-0.39, 0.29) is 6.61 Å². The number of imide groups is 1. The van der Waals surface area contributed by atoms with E-state index in [2.05, 4.69) is 0 Å². The molecule has 17 heavy (non-hydrogen) atoms. The maximum absolute atomic E-state index is 11.9. The highest BCUT2D eigenvalue weighted by Gasteiger charge is 2.36. The Balaban J connectivity index is 2.09. The van der Waals surface area contributed by atoms with Crippen LogP contribution in [0.15, 0.2) is 30.3 Å². The van der Waals surface area contributed by atoms with Crippen LogP contribution in [0.3, 0.4) is 0 Å². The zero-order valence-corrected chi connectivity index (χ0v) is 9.26. The lowest BCUT2D eigenvalue weighted by Crippen LogP contribution is -2.39. The minimum atomic E-state index is -2.39. The van der Waals surface area contributed by atoms with Gasteiger partial charge in [0, 0.05) is 10.5 Å². The molecule has 4 heteroatoms. The lowest BCUT2D eigenvalue weighted by atomic mass is 10.1. The average molecular weight is 236 g/mol. The molecule has 4 nitrogen and oxygen atoms in total. The number of carbonyl (C=O) groups is 2. The summed E-state index contributed by atoms with van der Waals surface area (Å²) >= 11 is 0. The minimum Gasteiger partial charge on any atom is -0.447 e. The fourth-order valence-corrected chi connectivity index (χ4v) is 1.89. The third-order valence-corrected chi connectivity index (χ3v) is 2.70. The minimum absolute atomic E-state index is 0.0977. The van der Waals surface area contributed by atoms with Crippen molar-refractivity contribution in [3.8, 4) is 0 Å². The highest BCUT2D eigenvalue weighted by Crippen LogP contribution is 2.18. The van der Waals surface area contributed by atoms with Crippen LogP contribution in [0, 0.1) is 0 Å². The first-order valence-electron chi connectivity index (χ1n) is 6.89. The van der Waals surface area contributed by atoms with Crippen LogP contribution < -0.4 is 0 Å². The first kappa shape index (κ1) is 8.28. The summed E-state index contributed by atoms with van der Waals surface area (Å²) in [5, 5.41) is 0. The van der Waals surface area contributed by atoms with E-state index >= 15 is 0 Å². The number of cyclic esters (lactones) is 1. The van der Waals surface area contributed by atoms with E-state index in [0.717, 1.165) is 10.5 Å². The van der Waals surface area contributed by atoms with E-state index in [1.807, 2.05) is 30.3 Å². The van der Waals surface area contributed by atoms with Gasteiger partial charge >= 0.3 is 6.09 Å². The van der Waals surface area contributed by atoms with Crippen LogP contribution in [-0.4, -0.2) is 29.5 Å². The molecule has 1 aromatic carbocycles. The largest absolute Gasteiger partial charge is 0.447 e. The topological polar surface area (TPSA) is 46.6 Å². The van der Waals surface area contributed by atoms with Gasteiger partial charge in [-0.25, -0.2) is 9.69 Å². The monoisotopic (exact) mass is 236 g/mol. The summed E-state index contributed by atoms with van der Waals surface area (Å²) in [6.45, 7) is -2.29. The Morgan fingerprint density at radius 1 is 1.53 bits per heavy atom. The summed E-state index contributed by atoms with van der Waals surface area (Å²) in [6.07, 6.45) is -0.965. The zero-order valence-electron chi connectivity index (χ0n) is 12.3. The molecule has 0 N–H and O–H groups in total. The summed E-state index contributed by atoms with van der Waals surface area (Å²) in [4.78, 5) is 24.5. The normalized spacial score (nSPS) is 22.6. The number of ether oxygens (including phenoxy) is 1. The number of rotatable bonds is 3. The van der Waals surface area contributed by atoms with Crippen LogP contribution >= 0.6 is 0 Å². The van der Waals surface area contributed by atoms with Crippen LogP contribution in [0.25, 0.3) is 0 Å². The van der Waals surface area contributed by atoms with Gasteiger partial charge in [0.1, 0.15) is 6.61 Å². The van der Waals surface area contributed by atoms with E-state index in [0.29, 0.717) is 6.42 Å². The van der Waals surface area contributed by atoms with Gasteiger partial charge in [0.2, 0.25) is 5.91 Å². The van der Waals surface area contributed by atoms with Crippen LogP contribution in [0.2, 0.25) is 0 Å². The molecule has 0 bridgehead atoms. The lowest BCUT2D eigenvalue weighted by molar-refractivity contribution is -0.128. The van der Waals surface area contributed by atoms with Crippen molar-refractivity contribution in [2.24, 2.45) is 0 Å². The van der Waals surface area contributed by atoms with Gasteiger partial charge in [0.25, 0.3) is 0 Å². The van der Waals surface area contributed by atoms with Crippen molar-refractivity contribution in [2.45, 2.75) is 25.7 Å². The summed E-state index contributed by atoms with van der Waals surface area (Å²) < 4.78 is 26.2. The second kappa shape index (κ2) is 4.99. The van der Waals surface area contributed by atoms with Crippen molar-refractivity contribution in [1.82, 2.24) is 4.90 Å². The van der Waals surface area contributed by atoms with Gasteiger partial charge < -0.3 is 4.74 Å². The second-order valence-corrected chi connectivity index (χ2v) is 3.86. The van der Waals surface area contributed by atoms with Crippen molar-refractivity contribution in [1.29, 1.82) is 0 Å². The van der Waals surface area contributed by atoms with Gasteiger partial charge in [-0.1, -0.05) is 37.2 Å². The van der Waals surface area contributed by atoms with E-state index in [1.54, 1.807) is 0 Å². The molecule has 0 aliphatic carbocycles. The summed E-state index contributed by atoms with van der Waals surface area (Å²) in [5.74, 6) is -0.714. The molecular weight excluding hydrogens is 218 g/mol. The van der Waals surface area contributed by atoms with Gasteiger partial charge in [0.05, 0.1) is 6.04 Å². The first-order chi connectivity index (χ1) is 9.37. The molecule has 2 amide bonds. The number of benzene rings is 1. The van der Waals surface area contributed by atoms with Crippen LogP contribution in [0.4, 0.5) is 4.79 Å². The van der Waals surface area contributed by atoms with E-state index < -0.39 is 31.3 Å². The van der Waals surface area contributed by atoms with E-state index in [9.17, 15) is 9.59 Å². The molecule has 1 atom stereocenters. The molecule has 1 aromatic rings. The Bertz CT molecular complexity index is 501. The Morgan fingerprint density at radius 3 is 3.00 bits per heavy atom. The second-order valence-electron chi connectivity index (χ2n) is 3.86. The van der Waals surface area contributed by atoms with Crippen molar-refractivity contribution < 1.29 is 18.4 Å². The highest BCUT2D eigenvalue weighted by molar-refractivity contribution is 5.93. The smallest absolute Gasteiger partial charge is 0.416 e. The molecule has 1 heterocycles. The average Bonchev–Trinajstić information content (AvgIpc) is 2.69. The molecule has 0 aromatic heterocycles. The summed E-state index contributed by atoms with van der Waals surface area (Å²) in [5.41, 5.74) is 0.961. The van der Waals surface area contributed by atoms with Gasteiger partial charge in [-0.15, -0.1) is 0 Å². The Hall–Kier alpha value is -1.84. The van der Waals surface area contributed by atoms with Crippen molar-refractivity contribution in [3.05, 3.63) is 35.9 Å². The Labute approximate surface area is 104 Å². The quantitative estimate of drug-likeness (QED) is 0.806. The zero-order chi connectivity index (χ0) is 14.8. The van der Waals surface area contributed by atoms with Crippen LogP contribution in [-0.2, 0) is 16.0 Å². The van der Waals surface area contributed by atoms with Crippen molar-refractivity contribution in [2.75, 3.05) is 6.61 Å². The predicted octanol–water partition coefficient (Wildman–Crippen LogP) is 1.99. The third kappa shape index (κ3) is 2.46. The Kier molecular flexibility index (Phi) is 2.43. The molecule has 0 spiro atoms. The third-order valence-electron chi connectivity index (χ3n) is 2.70. The molecule has 1 aliphatic heterocycles. The fourth-order valence-electron chi connectivity index (χ4n) is 1.89. The molecule has 1 saturated heterocycles. The van der Waals surface area contributed by atoms with Gasteiger partial charge in [-0.2, -0.15) is 0 Å². The summed E-state index contributed by atoms with van der Waals surface area (Å²) in [6, 6.07) is 8.92.